The Bertz CT molecular complexity index is 569. The highest BCUT2D eigenvalue weighted by Crippen LogP contribution is 2.22. The molecular formula is C12H12N4O2. The minimum Gasteiger partial charge on any atom is -0.290 e. The molecule has 2 rings (SSSR count). The zero-order valence-electron chi connectivity index (χ0n) is 9.44. The summed E-state index contributed by atoms with van der Waals surface area (Å²) >= 11 is 0. The second kappa shape index (κ2) is 4.82. The lowest BCUT2D eigenvalue weighted by Gasteiger charge is -2.08. The summed E-state index contributed by atoms with van der Waals surface area (Å²) in [4.78, 5) is 23.2. The summed E-state index contributed by atoms with van der Waals surface area (Å²) in [7, 11) is 0. The molecule has 0 spiro atoms. The first-order valence-electron chi connectivity index (χ1n) is 5.22. The van der Waals surface area contributed by atoms with Crippen LogP contribution >= 0.6 is 0 Å². The van der Waals surface area contributed by atoms with Gasteiger partial charge < -0.3 is 0 Å². The number of rotatable bonds is 2. The Hall–Kier alpha value is -2.44. The quantitative estimate of drug-likeness (QED) is 0.340. The molecule has 0 saturated heterocycles. The number of hydrazine groups is 2. The van der Waals surface area contributed by atoms with Gasteiger partial charge in [0, 0.05) is 11.1 Å². The van der Waals surface area contributed by atoms with Crippen LogP contribution < -0.4 is 22.5 Å². The monoisotopic (exact) mass is 244 g/mol. The number of carbonyl (C=O) groups excluding carboxylic acids is 2. The molecule has 0 heterocycles. The number of nitrogen functional groups attached to an aromatic ring is 2. The van der Waals surface area contributed by atoms with Crippen molar-refractivity contribution in [1.29, 1.82) is 0 Å². The van der Waals surface area contributed by atoms with Crippen LogP contribution in [0.25, 0.3) is 10.8 Å². The largest absolute Gasteiger partial charge is 0.290 e. The zero-order valence-corrected chi connectivity index (χ0v) is 9.44. The van der Waals surface area contributed by atoms with Gasteiger partial charge in [0.15, 0.2) is 0 Å². The van der Waals surface area contributed by atoms with Gasteiger partial charge in [-0.3, -0.25) is 20.4 Å². The summed E-state index contributed by atoms with van der Waals surface area (Å²) < 4.78 is 0. The van der Waals surface area contributed by atoms with Gasteiger partial charge >= 0.3 is 0 Å². The molecule has 0 saturated carbocycles. The van der Waals surface area contributed by atoms with E-state index in [1.165, 1.54) is 0 Å². The molecule has 6 nitrogen and oxygen atoms in total. The van der Waals surface area contributed by atoms with E-state index in [1.54, 1.807) is 36.4 Å². The van der Waals surface area contributed by atoms with Gasteiger partial charge in [0.1, 0.15) is 0 Å². The number of hydrogen-bond donors (Lipinski definition) is 4. The Balaban J connectivity index is 2.73. The van der Waals surface area contributed by atoms with E-state index in [-0.39, 0.29) is 0 Å². The van der Waals surface area contributed by atoms with Crippen LogP contribution in [0.2, 0.25) is 0 Å². The van der Waals surface area contributed by atoms with Crippen molar-refractivity contribution in [3.63, 3.8) is 0 Å². The van der Waals surface area contributed by atoms with E-state index in [0.29, 0.717) is 21.9 Å². The van der Waals surface area contributed by atoms with Crippen molar-refractivity contribution in [2.75, 3.05) is 0 Å². The molecule has 2 aromatic carbocycles. The van der Waals surface area contributed by atoms with E-state index in [4.69, 9.17) is 11.7 Å². The van der Waals surface area contributed by atoms with Gasteiger partial charge in [0.2, 0.25) is 0 Å². The molecule has 0 aromatic heterocycles. The van der Waals surface area contributed by atoms with Crippen LogP contribution in [-0.4, -0.2) is 11.8 Å². The molecule has 2 amide bonds. The summed E-state index contributed by atoms with van der Waals surface area (Å²) in [5.74, 6) is 9.42. The van der Waals surface area contributed by atoms with E-state index in [0.717, 1.165) is 0 Å². The number of hydrogen-bond acceptors (Lipinski definition) is 4. The number of nitrogens with one attached hydrogen (secondary N) is 2. The normalized spacial score (nSPS) is 10.1. The van der Waals surface area contributed by atoms with Crippen molar-refractivity contribution in [1.82, 2.24) is 10.9 Å². The van der Waals surface area contributed by atoms with Crippen LogP contribution in [-0.2, 0) is 0 Å². The summed E-state index contributed by atoms with van der Waals surface area (Å²) in [6.45, 7) is 0. The van der Waals surface area contributed by atoms with Gasteiger partial charge in [0.05, 0.1) is 0 Å². The first-order chi connectivity index (χ1) is 8.69. The molecule has 92 valence electrons. The first-order valence-corrected chi connectivity index (χ1v) is 5.22. The van der Waals surface area contributed by atoms with Crippen molar-refractivity contribution < 1.29 is 9.59 Å². The second-order valence-corrected chi connectivity index (χ2v) is 3.65. The van der Waals surface area contributed by atoms with Gasteiger partial charge in [-0.1, -0.05) is 24.3 Å². The van der Waals surface area contributed by atoms with E-state index in [9.17, 15) is 9.59 Å². The predicted molar refractivity (Wildman–Crippen MR) is 67.3 cm³/mol. The SMILES string of the molecule is NNC(=O)c1cccc2c(C(=O)NN)cccc12. The molecule has 0 aliphatic carbocycles. The first kappa shape index (κ1) is 12.0. The van der Waals surface area contributed by atoms with Crippen LogP contribution in [0.15, 0.2) is 36.4 Å². The van der Waals surface area contributed by atoms with Crippen molar-refractivity contribution >= 4 is 22.6 Å². The van der Waals surface area contributed by atoms with E-state index < -0.39 is 11.8 Å². The molecule has 0 bridgehead atoms. The Kier molecular flexibility index (Phi) is 3.22. The Morgan fingerprint density at radius 2 is 1.17 bits per heavy atom. The fourth-order valence-corrected chi connectivity index (χ4v) is 1.86. The van der Waals surface area contributed by atoms with Crippen molar-refractivity contribution in [3.05, 3.63) is 47.5 Å². The minimum absolute atomic E-state index is 0.404. The van der Waals surface area contributed by atoms with Gasteiger partial charge in [-0.25, -0.2) is 11.7 Å². The highest BCUT2D eigenvalue weighted by molar-refractivity contribution is 6.13. The molecular weight excluding hydrogens is 232 g/mol. The number of amides is 2. The van der Waals surface area contributed by atoms with Gasteiger partial charge in [-0.05, 0) is 22.9 Å². The molecule has 0 unspecified atom stereocenters. The fraction of sp³-hybridized carbons (Fsp3) is 0. The third-order valence-electron chi connectivity index (χ3n) is 2.67. The summed E-state index contributed by atoms with van der Waals surface area (Å²) in [6, 6.07) is 10.1. The molecule has 0 fully saturated rings. The van der Waals surface area contributed by atoms with Gasteiger partial charge in [0.25, 0.3) is 11.8 Å². The van der Waals surface area contributed by atoms with Gasteiger partial charge in [-0.15, -0.1) is 0 Å². The molecule has 2 aromatic rings. The van der Waals surface area contributed by atoms with Crippen LogP contribution in [0.1, 0.15) is 20.7 Å². The molecule has 6 heteroatoms. The highest BCUT2D eigenvalue weighted by atomic mass is 16.2. The maximum atomic E-state index is 11.6. The minimum atomic E-state index is -0.411. The maximum Gasteiger partial charge on any atom is 0.265 e. The van der Waals surface area contributed by atoms with E-state index in [1.807, 2.05) is 0 Å². The molecule has 18 heavy (non-hydrogen) atoms. The number of benzene rings is 2. The second-order valence-electron chi connectivity index (χ2n) is 3.65. The lowest BCUT2D eigenvalue weighted by Crippen LogP contribution is -2.31. The van der Waals surface area contributed by atoms with Crippen molar-refractivity contribution in [2.45, 2.75) is 0 Å². The smallest absolute Gasteiger partial charge is 0.265 e. The van der Waals surface area contributed by atoms with Gasteiger partial charge in [-0.2, -0.15) is 0 Å². The van der Waals surface area contributed by atoms with E-state index in [2.05, 4.69) is 10.9 Å². The molecule has 6 N–H and O–H groups in total. The molecule has 0 atom stereocenters. The predicted octanol–water partition coefficient (Wildman–Crippen LogP) is 0.0468. The summed E-state index contributed by atoms with van der Waals surface area (Å²) in [6.07, 6.45) is 0. The number of nitrogens with two attached hydrogens (primary N) is 2. The van der Waals surface area contributed by atoms with Crippen LogP contribution in [0.5, 0.6) is 0 Å². The highest BCUT2D eigenvalue weighted by Gasteiger charge is 2.13. The number of fused-ring (bicyclic) bond motifs is 1. The van der Waals surface area contributed by atoms with Crippen LogP contribution in [0.3, 0.4) is 0 Å². The maximum absolute atomic E-state index is 11.6. The summed E-state index contributed by atoms with van der Waals surface area (Å²) in [5.41, 5.74) is 4.95. The average molecular weight is 244 g/mol. The standard InChI is InChI=1S/C12H12N4O2/c13-15-11(17)9-5-1-3-7-8(9)4-2-6-10(7)12(18)16-14/h1-6H,13-14H2,(H,15,17)(H,16,18). The fourth-order valence-electron chi connectivity index (χ4n) is 1.86. The van der Waals surface area contributed by atoms with Crippen molar-refractivity contribution in [3.8, 4) is 0 Å². The topological polar surface area (TPSA) is 110 Å². The number of carbonyl (C=O) groups is 2. The Morgan fingerprint density at radius 3 is 1.50 bits per heavy atom. The average Bonchev–Trinajstić information content (AvgIpc) is 2.44. The third kappa shape index (κ3) is 1.90. The zero-order chi connectivity index (χ0) is 13.1. The third-order valence-corrected chi connectivity index (χ3v) is 2.67. The lowest BCUT2D eigenvalue weighted by molar-refractivity contribution is 0.0946. The van der Waals surface area contributed by atoms with Crippen LogP contribution in [0.4, 0.5) is 0 Å². The van der Waals surface area contributed by atoms with Crippen LogP contribution in [0, 0.1) is 0 Å². The molecule has 0 aliphatic heterocycles. The lowest BCUT2D eigenvalue weighted by atomic mass is 9.99. The summed E-state index contributed by atoms with van der Waals surface area (Å²) in [5, 5.41) is 1.28. The Morgan fingerprint density at radius 1 is 0.778 bits per heavy atom. The van der Waals surface area contributed by atoms with Crippen molar-refractivity contribution in [2.24, 2.45) is 11.7 Å². The van der Waals surface area contributed by atoms with E-state index >= 15 is 0 Å². The molecule has 0 aliphatic rings. The Labute approximate surface area is 103 Å². The molecule has 0 radical (unpaired) electrons.